The Morgan fingerprint density at radius 1 is 1.19 bits per heavy atom. The summed E-state index contributed by atoms with van der Waals surface area (Å²) >= 11 is 0. The summed E-state index contributed by atoms with van der Waals surface area (Å²) in [5.74, 6) is -0.662. The number of carboxylic acids is 1. The lowest BCUT2D eigenvalue weighted by atomic mass is 9.93. The topological polar surface area (TPSA) is 78.7 Å². The summed E-state index contributed by atoms with van der Waals surface area (Å²) in [6, 6.07) is 10.1. The second-order valence-electron chi connectivity index (χ2n) is 7.41. The van der Waals surface area contributed by atoms with Gasteiger partial charge in [0, 0.05) is 19.5 Å². The molecule has 0 spiro atoms. The molecule has 2 aliphatic rings. The van der Waals surface area contributed by atoms with Gasteiger partial charge in [0.05, 0.1) is 36.9 Å². The van der Waals surface area contributed by atoms with E-state index in [2.05, 4.69) is 22.1 Å². The smallest absolute Gasteiger partial charge is 0.303 e. The Kier molecular flexibility index (Phi) is 4.70. The fraction of sp³-hybridized carbons (Fsp3) is 0.450. The van der Waals surface area contributed by atoms with Gasteiger partial charge in [-0.1, -0.05) is 24.3 Å². The standard InChI is InChI=1S/C20H24N4O3/c1-22-12-15-5-3-2-4-14(15)10-18(22)20(27)23-8-9-24-17(13-23)11-16(21-24)6-7-19(25)26/h2-5,11,18H,6-10,12-13H2,1H3,(H,25,26)/t18-/m0/s1. The number of hydrogen-bond acceptors (Lipinski definition) is 4. The molecule has 7 heteroatoms. The van der Waals surface area contributed by atoms with Crippen LogP contribution < -0.4 is 0 Å². The van der Waals surface area contributed by atoms with Crippen molar-refractivity contribution in [3.05, 3.63) is 52.8 Å². The maximum absolute atomic E-state index is 13.2. The minimum absolute atomic E-state index is 0.0748. The molecule has 27 heavy (non-hydrogen) atoms. The number of amides is 1. The molecule has 4 rings (SSSR count). The van der Waals surface area contributed by atoms with Gasteiger partial charge in [0.15, 0.2) is 0 Å². The average Bonchev–Trinajstić information content (AvgIpc) is 3.07. The van der Waals surface area contributed by atoms with Crippen molar-refractivity contribution < 1.29 is 14.7 Å². The van der Waals surface area contributed by atoms with Crippen LogP contribution in [0.5, 0.6) is 0 Å². The Balaban J connectivity index is 1.46. The number of carbonyl (C=O) groups excluding carboxylic acids is 1. The Morgan fingerprint density at radius 2 is 1.96 bits per heavy atom. The Morgan fingerprint density at radius 3 is 2.74 bits per heavy atom. The van der Waals surface area contributed by atoms with Crippen molar-refractivity contribution in [2.75, 3.05) is 13.6 Å². The molecule has 0 saturated carbocycles. The average molecular weight is 368 g/mol. The number of carbonyl (C=O) groups is 2. The van der Waals surface area contributed by atoms with Crippen molar-refractivity contribution in [3.8, 4) is 0 Å². The van der Waals surface area contributed by atoms with Crippen LogP contribution in [0.2, 0.25) is 0 Å². The van der Waals surface area contributed by atoms with Crippen LogP contribution in [0.25, 0.3) is 0 Å². The van der Waals surface area contributed by atoms with Crippen molar-refractivity contribution in [1.29, 1.82) is 0 Å². The first-order chi connectivity index (χ1) is 13.0. The van der Waals surface area contributed by atoms with Gasteiger partial charge in [0.25, 0.3) is 0 Å². The van der Waals surface area contributed by atoms with Gasteiger partial charge in [-0.2, -0.15) is 5.10 Å². The van der Waals surface area contributed by atoms with Gasteiger partial charge in [0.2, 0.25) is 5.91 Å². The van der Waals surface area contributed by atoms with Gasteiger partial charge in [0.1, 0.15) is 0 Å². The lowest BCUT2D eigenvalue weighted by Gasteiger charge is -2.37. The molecular weight excluding hydrogens is 344 g/mol. The maximum Gasteiger partial charge on any atom is 0.303 e. The van der Waals surface area contributed by atoms with E-state index < -0.39 is 5.97 Å². The van der Waals surface area contributed by atoms with E-state index in [0.717, 1.165) is 24.4 Å². The van der Waals surface area contributed by atoms with Gasteiger partial charge in [-0.05, 0) is 30.7 Å². The Bertz CT molecular complexity index is 876. The minimum Gasteiger partial charge on any atom is -0.481 e. The van der Waals surface area contributed by atoms with Gasteiger partial charge in [-0.25, -0.2) is 0 Å². The molecule has 3 heterocycles. The molecular formula is C20H24N4O3. The first kappa shape index (κ1) is 17.7. The lowest BCUT2D eigenvalue weighted by Crippen LogP contribution is -2.51. The number of likely N-dealkylation sites (N-methyl/N-ethyl adjacent to an activating group) is 1. The van der Waals surface area contributed by atoms with Gasteiger partial charge in [-0.15, -0.1) is 0 Å². The van der Waals surface area contributed by atoms with E-state index in [1.807, 2.05) is 34.8 Å². The van der Waals surface area contributed by atoms with Crippen LogP contribution in [0.15, 0.2) is 30.3 Å². The van der Waals surface area contributed by atoms with Crippen LogP contribution in [0.3, 0.4) is 0 Å². The number of nitrogens with zero attached hydrogens (tertiary/aromatic N) is 4. The van der Waals surface area contributed by atoms with Crippen LogP contribution in [-0.4, -0.2) is 56.2 Å². The van der Waals surface area contributed by atoms with Crippen LogP contribution in [0, 0.1) is 0 Å². The Hall–Kier alpha value is -2.67. The molecule has 0 radical (unpaired) electrons. The van der Waals surface area contributed by atoms with Crippen LogP contribution in [0.4, 0.5) is 0 Å². The molecule has 2 aromatic rings. The van der Waals surface area contributed by atoms with Crippen molar-refractivity contribution in [1.82, 2.24) is 19.6 Å². The van der Waals surface area contributed by atoms with Crippen molar-refractivity contribution in [2.45, 2.75) is 44.9 Å². The number of aromatic nitrogens is 2. The molecule has 1 amide bonds. The minimum atomic E-state index is -0.821. The number of hydrogen-bond donors (Lipinski definition) is 1. The highest BCUT2D eigenvalue weighted by atomic mass is 16.4. The molecule has 0 bridgehead atoms. The van der Waals surface area contributed by atoms with E-state index in [9.17, 15) is 9.59 Å². The van der Waals surface area contributed by atoms with Gasteiger partial charge in [-0.3, -0.25) is 19.2 Å². The third kappa shape index (κ3) is 3.60. The van der Waals surface area contributed by atoms with E-state index in [4.69, 9.17) is 5.11 Å². The molecule has 0 aliphatic carbocycles. The molecule has 1 aromatic heterocycles. The fourth-order valence-electron chi connectivity index (χ4n) is 4.01. The van der Waals surface area contributed by atoms with E-state index in [1.165, 1.54) is 11.1 Å². The van der Waals surface area contributed by atoms with E-state index in [-0.39, 0.29) is 18.4 Å². The molecule has 1 N–H and O–H groups in total. The van der Waals surface area contributed by atoms with Gasteiger partial charge < -0.3 is 10.0 Å². The monoisotopic (exact) mass is 368 g/mol. The molecule has 0 fully saturated rings. The zero-order valence-corrected chi connectivity index (χ0v) is 15.5. The molecule has 0 unspecified atom stereocenters. The number of aliphatic carboxylic acids is 1. The second-order valence-corrected chi connectivity index (χ2v) is 7.41. The summed E-state index contributed by atoms with van der Waals surface area (Å²) in [5, 5.41) is 13.3. The van der Waals surface area contributed by atoms with Crippen LogP contribution in [0.1, 0.15) is 28.9 Å². The summed E-state index contributed by atoms with van der Waals surface area (Å²) in [6.07, 6.45) is 1.24. The molecule has 2 aliphatic heterocycles. The Labute approximate surface area is 158 Å². The van der Waals surface area contributed by atoms with Crippen molar-refractivity contribution >= 4 is 11.9 Å². The second kappa shape index (κ2) is 7.15. The van der Waals surface area contributed by atoms with E-state index >= 15 is 0 Å². The molecule has 1 atom stereocenters. The molecule has 142 valence electrons. The quantitative estimate of drug-likeness (QED) is 0.880. The summed E-state index contributed by atoms with van der Waals surface area (Å²) in [7, 11) is 2.01. The lowest BCUT2D eigenvalue weighted by molar-refractivity contribution is -0.139. The largest absolute Gasteiger partial charge is 0.481 e. The summed E-state index contributed by atoms with van der Waals surface area (Å²) < 4.78 is 1.90. The number of carboxylic acid groups (broad SMARTS) is 1. The summed E-state index contributed by atoms with van der Waals surface area (Å²) in [4.78, 5) is 28.0. The highest BCUT2D eigenvalue weighted by Gasteiger charge is 2.33. The zero-order valence-electron chi connectivity index (χ0n) is 15.5. The van der Waals surface area contributed by atoms with E-state index in [1.54, 1.807) is 0 Å². The SMILES string of the molecule is CN1Cc2ccccc2C[C@H]1C(=O)N1CCn2nc(CCC(=O)O)cc2C1. The number of benzene rings is 1. The first-order valence-corrected chi connectivity index (χ1v) is 9.34. The van der Waals surface area contributed by atoms with Crippen LogP contribution >= 0.6 is 0 Å². The third-order valence-corrected chi connectivity index (χ3v) is 5.52. The summed E-state index contributed by atoms with van der Waals surface area (Å²) in [5.41, 5.74) is 4.31. The molecule has 1 aromatic carbocycles. The molecule has 7 nitrogen and oxygen atoms in total. The molecule has 0 saturated heterocycles. The number of aryl methyl sites for hydroxylation is 1. The number of fused-ring (bicyclic) bond motifs is 2. The van der Waals surface area contributed by atoms with Gasteiger partial charge >= 0.3 is 5.97 Å². The zero-order chi connectivity index (χ0) is 19.0. The first-order valence-electron chi connectivity index (χ1n) is 9.34. The number of rotatable bonds is 4. The van der Waals surface area contributed by atoms with Crippen molar-refractivity contribution in [2.24, 2.45) is 0 Å². The van der Waals surface area contributed by atoms with Crippen molar-refractivity contribution in [3.63, 3.8) is 0 Å². The maximum atomic E-state index is 13.2. The summed E-state index contributed by atoms with van der Waals surface area (Å²) in [6.45, 7) is 2.61. The van der Waals surface area contributed by atoms with Crippen LogP contribution in [-0.2, 0) is 42.1 Å². The third-order valence-electron chi connectivity index (χ3n) is 5.52. The van der Waals surface area contributed by atoms with E-state index in [0.29, 0.717) is 26.1 Å². The predicted octanol–water partition coefficient (Wildman–Crippen LogP) is 1.30. The highest BCUT2D eigenvalue weighted by molar-refractivity contribution is 5.82. The predicted molar refractivity (Wildman–Crippen MR) is 99.0 cm³/mol. The fourth-order valence-corrected chi connectivity index (χ4v) is 4.01. The highest BCUT2D eigenvalue weighted by Crippen LogP contribution is 2.24. The normalized spacial score (nSPS) is 19.4.